The van der Waals surface area contributed by atoms with Crippen molar-refractivity contribution in [1.82, 2.24) is 10.6 Å². The van der Waals surface area contributed by atoms with Crippen molar-refractivity contribution >= 4 is 11.8 Å². The molecule has 2 aliphatic rings. The molecule has 1 aliphatic carbocycles. The molecule has 1 aliphatic heterocycles. The van der Waals surface area contributed by atoms with Crippen molar-refractivity contribution in [2.24, 2.45) is 0 Å². The Hall–Kier alpha value is -2.04. The molecule has 0 saturated heterocycles. The number of rotatable bonds is 1. The van der Waals surface area contributed by atoms with E-state index in [9.17, 15) is 9.59 Å². The van der Waals surface area contributed by atoms with Crippen LogP contribution in [0, 0.1) is 0 Å². The lowest BCUT2D eigenvalue weighted by atomic mass is 9.81. The Morgan fingerprint density at radius 3 is 2.76 bits per heavy atom. The summed E-state index contributed by atoms with van der Waals surface area (Å²) in [6.45, 7) is 2.07. The normalized spacial score (nSPS) is 28.0. The molecule has 0 bridgehead atoms. The van der Waals surface area contributed by atoms with Gasteiger partial charge in [0.15, 0.2) is 0 Å². The van der Waals surface area contributed by atoms with Gasteiger partial charge in [0.05, 0.1) is 12.1 Å². The average molecular weight is 288 g/mol. The van der Waals surface area contributed by atoms with E-state index in [-0.39, 0.29) is 23.5 Å². The number of benzene rings is 1. The van der Waals surface area contributed by atoms with Crippen LogP contribution in [0.2, 0.25) is 0 Å². The summed E-state index contributed by atoms with van der Waals surface area (Å²) >= 11 is 0. The Morgan fingerprint density at radius 2 is 2.05 bits per heavy atom. The third-order valence-electron chi connectivity index (χ3n) is 4.33. The van der Waals surface area contributed by atoms with Gasteiger partial charge in [0.2, 0.25) is 5.91 Å². The number of hydrogen-bond acceptors (Lipinski definition) is 3. The average Bonchev–Trinajstić information content (AvgIpc) is 2.60. The highest BCUT2D eigenvalue weighted by Gasteiger charge is 2.40. The molecule has 1 saturated carbocycles. The molecule has 0 aromatic heterocycles. The molecule has 1 spiro atoms. The van der Waals surface area contributed by atoms with Crippen LogP contribution in [0.5, 0.6) is 5.75 Å². The lowest BCUT2D eigenvalue weighted by Gasteiger charge is -2.39. The molecule has 5 nitrogen and oxygen atoms in total. The summed E-state index contributed by atoms with van der Waals surface area (Å²) in [6, 6.07) is 7.57. The molecule has 21 heavy (non-hydrogen) atoms. The Morgan fingerprint density at radius 1 is 1.33 bits per heavy atom. The molecule has 1 aromatic rings. The third kappa shape index (κ3) is 2.86. The zero-order valence-electron chi connectivity index (χ0n) is 12.1. The summed E-state index contributed by atoms with van der Waals surface area (Å²) in [5, 5.41) is 5.93. The van der Waals surface area contributed by atoms with E-state index in [2.05, 4.69) is 10.6 Å². The highest BCUT2D eigenvalue weighted by atomic mass is 16.5. The zero-order chi connectivity index (χ0) is 14.9. The van der Waals surface area contributed by atoms with Gasteiger partial charge in [0.25, 0.3) is 5.91 Å². The lowest BCUT2D eigenvalue weighted by molar-refractivity contribution is -0.120. The van der Waals surface area contributed by atoms with Crippen LogP contribution in [0.15, 0.2) is 24.3 Å². The van der Waals surface area contributed by atoms with Crippen molar-refractivity contribution in [1.29, 1.82) is 0 Å². The minimum atomic E-state index is -0.350. The van der Waals surface area contributed by atoms with Crippen LogP contribution < -0.4 is 15.4 Å². The molecule has 5 heteroatoms. The maximum absolute atomic E-state index is 12.1. The SMILES string of the molecule is CC(=O)NC1CCC2(CC1)CNC(=O)c1ccccc1O2. The molecule has 1 heterocycles. The number of fused-ring (bicyclic) bond motifs is 1. The molecular formula is C16H20N2O3. The van der Waals surface area contributed by atoms with Crippen LogP contribution in [-0.2, 0) is 4.79 Å². The second-order valence-electron chi connectivity index (χ2n) is 5.94. The van der Waals surface area contributed by atoms with Crippen LogP contribution in [0.1, 0.15) is 43.0 Å². The van der Waals surface area contributed by atoms with Gasteiger partial charge in [0, 0.05) is 13.0 Å². The second kappa shape index (κ2) is 5.39. The predicted molar refractivity (Wildman–Crippen MR) is 78.2 cm³/mol. The molecule has 0 atom stereocenters. The molecule has 1 aromatic carbocycles. The van der Waals surface area contributed by atoms with Crippen LogP contribution in [0.3, 0.4) is 0 Å². The first-order chi connectivity index (χ1) is 10.1. The minimum absolute atomic E-state index is 0.0105. The van der Waals surface area contributed by atoms with Gasteiger partial charge in [-0.25, -0.2) is 0 Å². The molecule has 112 valence electrons. The zero-order valence-corrected chi connectivity index (χ0v) is 12.1. The Bertz CT molecular complexity index is 562. The number of nitrogens with one attached hydrogen (secondary N) is 2. The van der Waals surface area contributed by atoms with Crippen molar-refractivity contribution in [3.63, 3.8) is 0 Å². The molecule has 2 N–H and O–H groups in total. The van der Waals surface area contributed by atoms with Gasteiger partial charge in [-0.05, 0) is 37.8 Å². The highest BCUT2D eigenvalue weighted by molar-refractivity contribution is 5.97. The summed E-state index contributed by atoms with van der Waals surface area (Å²) in [7, 11) is 0. The Balaban J connectivity index is 1.76. The largest absolute Gasteiger partial charge is 0.485 e. The van der Waals surface area contributed by atoms with Crippen molar-refractivity contribution in [2.45, 2.75) is 44.2 Å². The first-order valence-corrected chi connectivity index (χ1v) is 7.41. The van der Waals surface area contributed by atoms with Crippen LogP contribution in [0.25, 0.3) is 0 Å². The topological polar surface area (TPSA) is 67.4 Å². The maximum atomic E-state index is 12.1. The van der Waals surface area contributed by atoms with E-state index in [1.54, 1.807) is 13.0 Å². The van der Waals surface area contributed by atoms with Crippen molar-refractivity contribution in [3.8, 4) is 5.75 Å². The van der Waals surface area contributed by atoms with Crippen LogP contribution in [0.4, 0.5) is 0 Å². The van der Waals surface area contributed by atoms with Gasteiger partial charge in [0.1, 0.15) is 11.4 Å². The fraction of sp³-hybridized carbons (Fsp3) is 0.500. The number of hydrogen-bond donors (Lipinski definition) is 2. The smallest absolute Gasteiger partial charge is 0.255 e. The number of carbonyl (C=O) groups is 2. The molecule has 2 amide bonds. The summed E-state index contributed by atoms with van der Waals surface area (Å²) < 4.78 is 6.21. The minimum Gasteiger partial charge on any atom is -0.485 e. The Kier molecular flexibility index (Phi) is 3.57. The van der Waals surface area contributed by atoms with Crippen molar-refractivity contribution in [2.75, 3.05) is 6.54 Å². The molecule has 0 radical (unpaired) electrons. The van der Waals surface area contributed by atoms with E-state index in [1.165, 1.54) is 0 Å². The van der Waals surface area contributed by atoms with E-state index in [0.29, 0.717) is 17.9 Å². The fourth-order valence-electron chi connectivity index (χ4n) is 3.20. The van der Waals surface area contributed by atoms with Gasteiger partial charge < -0.3 is 15.4 Å². The number of ether oxygens (including phenoxy) is 1. The monoisotopic (exact) mass is 288 g/mol. The van der Waals surface area contributed by atoms with Gasteiger partial charge in [-0.15, -0.1) is 0 Å². The van der Waals surface area contributed by atoms with E-state index in [1.807, 2.05) is 18.2 Å². The number of carbonyl (C=O) groups excluding carboxylic acids is 2. The highest BCUT2D eigenvalue weighted by Crippen LogP contribution is 2.35. The summed E-state index contributed by atoms with van der Waals surface area (Å²) in [6.07, 6.45) is 3.40. The maximum Gasteiger partial charge on any atom is 0.255 e. The van der Waals surface area contributed by atoms with Crippen LogP contribution >= 0.6 is 0 Å². The first-order valence-electron chi connectivity index (χ1n) is 7.41. The standard InChI is InChI=1S/C16H20N2O3/c1-11(19)18-12-6-8-16(9-7-12)10-17-15(20)13-4-2-3-5-14(13)21-16/h2-5,12H,6-10H2,1H3,(H,17,20)(H,18,19). The van der Waals surface area contributed by atoms with E-state index >= 15 is 0 Å². The molecule has 0 unspecified atom stereocenters. The third-order valence-corrected chi connectivity index (χ3v) is 4.33. The molecular weight excluding hydrogens is 268 g/mol. The fourth-order valence-corrected chi connectivity index (χ4v) is 3.20. The molecule has 1 fully saturated rings. The van der Waals surface area contributed by atoms with E-state index in [4.69, 9.17) is 4.74 Å². The number of para-hydroxylation sites is 1. The molecule has 3 rings (SSSR count). The van der Waals surface area contributed by atoms with Crippen molar-refractivity contribution < 1.29 is 14.3 Å². The van der Waals surface area contributed by atoms with E-state index < -0.39 is 0 Å². The summed E-state index contributed by atoms with van der Waals surface area (Å²) in [5.74, 6) is 0.591. The van der Waals surface area contributed by atoms with Crippen LogP contribution in [-0.4, -0.2) is 30.0 Å². The summed E-state index contributed by atoms with van der Waals surface area (Å²) in [4.78, 5) is 23.2. The first kappa shape index (κ1) is 13.9. The van der Waals surface area contributed by atoms with Gasteiger partial charge in [-0.1, -0.05) is 12.1 Å². The Labute approximate surface area is 124 Å². The predicted octanol–water partition coefficient (Wildman–Crippen LogP) is 1.63. The lowest BCUT2D eigenvalue weighted by Crippen LogP contribution is -2.51. The van der Waals surface area contributed by atoms with Gasteiger partial charge >= 0.3 is 0 Å². The number of amides is 2. The van der Waals surface area contributed by atoms with Crippen molar-refractivity contribution in [3.05, 3.63) is 29.8 Å². The quantitative estimate of drug-likeness (QED) is 0.825. The van der Waals surface area contributed by atoms with E-state index in [0.717, 1.165) is 25.7 Å². The van der Waals surface area contributed by atoms with Gasteiger partial charge in [-0.2, -0.15) is 0 Å². The summed E-state index contributed by atoms with van der Waals surface area (Å²) in [5.41, 5.74) is 0.246. The second-order valence-corrected chi connectivity index (χ2v) is 5.94. The van der Waals surface area contributed by atoms with Gasteiger partial charge in [-0.3, -0.25) is 9.59 Å².